The molecule has 2 N–H and O–H groups in total. The van der Waals surface area contributed by atoms with Crippen LogP contribution in [0.5, 0.6) is 0 Å². The Balaban J connectivity index is 1.91. The molecular formula is C12H14F2N2OS. The topological polar surface area (TPSA) is 41.1 Å². The van der Waals surface area contributed by atoms with Crippen LogP contribution < -0.4 is 10.6 Å². The fraction of sp³-hybridized carbons (Fsp3) is 0.417. The summed E-state index contributed by atoms with van der Waals surface area (Å²) in [5.74, 6) is -2.49. The largest absolute Gasteiger partial charge is 0.325 e. The predicted octanol–water partition coefficient (Wildman–Crippen LogP) is 2.69. The van der Waals surface area contributed by atoms with Gasteiger partial charge in [-0.1, -0.05) is 11.8 Å². The van der Waals surface area contributed by atoms with E-state index in [0.29, 0.717) is 22.3 Å². The van der Waals surface area contributed by atoms with E-state index in [1.54, 1.807) is 24.3 Å². The molecule has 1 saturated heterocycles. The van der Waals surface area contributed by atoms with Gasteiger partial charge < -0.3 is 10.6 Å². The summed E-state index contributed by atoms with van der Waals surface area (Å²) in [5.41, 5.74) is 0.632. The first-order valence-electron chi connectivity index (χ1n) is 5.74. The third-order valence-corrected chi connectivity index (χ3v) is 3.45. The van der Waals surface area contributed by atoms with Crippen molar-refractivity contribution in [2.24, 2.45) is 0 Å². The zero-order valence-corrected chi connectivity index (χ0v) is 10.5. The van der Waals surface area contributed by atoms with Crippen molar-refractivity contribution in [2.75, 3.05) is 11.9 Å². The fourth-order valence-corrected chi connectivity index (χ4v) is 2.36. The third-order valence-electron chi connectivity index (χ3n) is 2.72. The molecule has 0 unspecified atom stereocenters. The summed E-state index contributed by atoms with van der Waals surface area (Å²) in [4.78, 5) is 12.3. The molecular weight excluding hydrogens is 258 g/mol. The minimum absolute atomic E-state index is 0.0678. The highest BCUT2D eigenvalue weighted by Crippen LogP contribution is 2.26. The minimum atomic E-state index is -2.42. The minimum Gasteiger partial charge on any atom is -0.325 e. The molecule has 98 valence electrons. The Bertz CT molecular complexity index is 405. The molecule has 1 aromatic carbocycles. The lowest BCUT2D eigenvalue weighted by Crippen LogP contribution is -2.35. The highest BCUT2D eigenvalue weighted by Gasteiger charge is 2.21. The lowest BCUT2D eigenvalue weighted by Gasteiger charge is -2.11. The number of halogens is 2. The molecule has 0 aromatic heterocycles. The summed E-state index contributed by atoms with van der Waals surface area (Å²) in [7, 11) is 0. The summed E-state index contributed by atoms with van der Waals surface area (Å²) in [5, 5.41) is 5.86. The summed E-state index contributed by atoms with van der Waals surface area (Å²) >= 11 is 0.493. The van der Waals surface area contributed by atoms with Gasteiger partial charge in [0.05, 0.1) is 6.04 Å². The molecule has 6 heteroatoms. The number of anilines is 1. The third kappa shape index (κ3) is 3.68. The van der Waals surface area contributed by atoms with Crippen LogP contribution in [-0.2, 0) is 4.79 Å². The van der Waals surface area contributed by atoms with Gasteiger partial charge >= 0.3 is 0 Å². The van der Waals surface area contributed by atoms with E-state index in [9.17, 15) is 13.6 Å². The highest BCUT2D eigenvalue weighted by molar-refractivity contribution is 7.99. The molecule has 1 heterocycles. The normalized spacial score (nSPS) is 19.2. The Morgan fingerprint density at radius 1 is 1.39 bits per heavy atom. The molecule has 1 amide bonds. The molecule has 0 aliphatic carbocycles. The molecule has 3 nitrogen and oxygen atoms in total. The van der Waals surface area contributed by atoms with E-state index in [1.807, 2.05) is 0 Å². The standard InChI is InChI=1S/C12H14F2N2OS/c13-12(14)18-9-5-3-8(4-6-9)16-11(17)10-2-1-7-15-10/h3-6,10,12,15H,1-2,7H2,(H,16,17)/t10-/m0/s1. The van der Waals surface area contributed by atoms with E-state index >= 15 is 0 Å². The van der Waals surface area contributed by atoms with Gasteiger partial charge in [0.2, 0.25) is 5.91 Å². The van der Waals surface area contributed by atoms with Crippen molar-refractivity contribution < 1.29 is 13.6 Å². The smallest absolute Gasteiger partial charge is 0.288 e. The Morgan fingerprint density at radius 2 is 2.11 bits per heavy atom. The van der Waals surface area contributed by atoms with E-state index in [4.69, 9.17) is 0 Å². The van der Waals surface area contributed by atoms with E-state index < -0.39 is 5.76 Å². The number of carbonyl (C=O) groups excluding carboxylic acids is 1. The number of nitrogens with one attached hydrogen (secondary N) is 2. The molecule has 18 heavy (non-hydrogen) atoms. The summed E-state index contributed by atoms with van der Waals surface area (Å²) in [6, 6.07) is 6.29. The first-order chi connectivity index (χ1) is 8.65. The molecule has 1 aliphatic rings. The Kier molecular flexibility index (Phi) is 4.54. The van der Waals surface area contributed by atoms with Crippen molar-refractivity contribution in [1.82, 2.24) is 5.32 Å². The summed E-state index contributed by atoms with van der Waals surface area (Å²) < 4.78 is 24.2. The number of benzene rings is 1. The summed E-state index contributed by atoms with van der Waals surface area (Å²) in [6.45, 7) is 0.863. The molecule has 0 radical (unpaired) electrons. The van der Waals surface area contributed by atoms with Crippen LogP contribution >= 0.6 is 11.8 Å². The van der Waals surface area contributed by atoms with Gasteiger partial charge in [0.15, 0.2) is 0 Å². The van der Waals surface area contributed by atoms with Crippen LogP contribution in [0.25, 0.3) is 0 Å². The second-order valence-corrected chi connectivity index (χ2v) is 5.10. The van der Waals surface area contributed by atoms with Gasteiger partial charge in [-0.2, -0.15) is 8.78 Å². The van der Waals surface area contributed by atoms with Crippen LogP contribution in [0.1, 0.15) is 12.8 Å². The second-order valence-electron chi connectivity index (χ2n) is 4.04. The zero-order chi connectivity index (χ0) is 13.0. The Labute approximate surface area is 108 Å². The average molecular weight is 272 g/mol. The van der Waals surface area contributed by atoms with Crippen LogP contribution in [0, 0.1) is 0 Å². The average Bonchev–Trinajstić information content (AvgIpc) is 2.84. The molecule has 2 rings (SSSR count). The predicted molar refractivity (Wildman–Crippen MR) is 68.0 cm³/mol. The number of thioether (sulfide) groups is 1. The molecule has 0 saturated carbocycles. The second kappa shape index (κ2) is 6.15. The lowest BCUT2D eigenvalue weighted by atomic mass is 10.2. The zero-order valence-electron chi connectivity index (χ0n) is 9.66. The van der Waals surface area contributed by atoms with Gasteiger partial charge in [-0.25, -0.2) is 0 Å². The quantitative estimate of drug-likeness (QED) is 0.828. The number of rotatable bonds is 4. The highest BCUT2D eigenvalue weighted by atomic mass is 32.2. The molecule has 1 aliphatic heterocycles. The first-order valence-corrected chi connectivity index (χ1v) is 6.62. The van der Waals surface area contributed by atoms with Gasteiger partial charge in [-0.15, -0.1) is 0 Å². The number of carbonyl (C=O) groups is 1. The van der Waals surface area contributed by atoms with E-state index in [-0.39, 0.29) is 11.9 Å². The lowest BCUT2D eigenvalue weighted by molar-refractivity contribution is -0.117. The number of hydrogen-bond acceptors (Lipinski definition) is 3. The van der Waals surface area contributed by atoms with Crippen LogP contribution in [0.4, 0.5) is 14.5 Å². The molecule has 0 bridgehead atoms. The Morgan fingerprint density at radius 3 is 2.67 bits per heavy atom. The van der Waals surface area contributed by atoms with Crippen molar-refractivity contribution in [3.05, 3.63) is 24.3 Å². The van der Waals surface area contributed by atoms with E-state index in [2.05, 4.69) is 10.6 Å². The van der Waals surface area contributed by atoms with Crippen molar-refractivity contribution in [2.45, 2.75) is 29.5 Å². The van der Waals surface area contributed by atoms with Crippen LogP contribution in [0.3, 0.4) is 0 Å². The van der Waals surface area contributed by atoms with Crippen LogP contribution in [0.2, 0.25) is 0 Å². The van der Waals surface area contributed by atoms with Gasteiger partial charge in [-0.3, -0.25) is 4.79 Å². The number of alkyl halides is 2. The summed E-state index contributed by atoms with van der Waals surface area (Å²) in [6.07, 6.45) is 1.84. The van der Waals surface area contributed by atoms with Gasteiger partial charge in [0, 0.05) is 10.6 Å². The van der Waals surface area contributed by atoms with Crippen LogP contribution in [-0.4, -0.2) is 24.3 Å². The van der Waals surface area contributed by atoms with Gasteiger partial charge in [0.25, 0.3) is 5.76 Å². The maximum atomic E-state index is 12.1. The molecule has 1 atom stereocenters. The maximum absolute atomic E-state index is 12.1. The molecule has 0 spiro atoms. The monoisotopic (exact) mass is 272 g/mol. The number of amides is 1. The maximum Gasteiger partial charge on any atom is 0.288 e. The van der Waals surface area contributed by atoms with E-state index in [0.717, 1.165) is 19.4 Å². The number of hydrogen-bond donors (Lipinski definition) is 2. The van der Waals surface area contributed by atoms with Crippen molar-refractivity contribution in [3.8, 4) is 0 Å². The van der Waals surface area contributed by atoms with Crippen molar-refractivity contribution in [3.63, 3.8) is 0 Å². The SMILES string of the molecule is O=C(Nc1ccc(SC(F)F)cc1)[C@@H]1CCCN1. The van der Waals surface area contributed by atoms with Crippen LogP contribution in [0.15, 0.2) is 29.2 Å². The Hall–Kier alpha value is -1.14. The molecule has 1 fully saturated rings. The fourth-order valence-electron chi connectivity index (χ4n) is 1.86. The van der Waals surface area contributed by atoms with Crippen molar-refractivity contribution >= 4 is 23.4 Å². The van der Waals surface area contributed by atoms with E-state index in [1.165, 1.54) is 0 Å². The molecule has 1 aromatic rings. The van der Waals surface area contributed by atoms with Gasteiger partial charge in [0.1, 0.15) is 0 Å². The van der Waals surface area contributed by atoms with Gasteiger partial charge in [-0.05, 0) is 43.7 Å². The van der Waals surface area contributed by atoms with Crippen molar-refractivity contribution in [1.29, 1.82) is 0 Å². The first kappa shape index (κ1) is 13.3.